The Morgan fingerprint density at radius 3 is 2.80 bits per heavy atom. The number of rotatable bonds is 4. The van der Waals surface area contributed by atoms with Crippen LogP contribution in [0, 0.1) is 5.92 Å². The van der Waals surface area contributed by atoms with E-state index in [0.717, 1.165) is 0 Å². The van der Waals surface area contributed by atoms with Gasteiger partial charge in [-0.1, -0.05) is 19.0 Å². The molecule has 1 aliphatic heterocycles. The van der Waals surface area contributed by atoms with Crippen LogP contribution in [0.5, 0.6) is 0 Å². The van der Waals surface area contributed by atoms with Crippen molar-refractivity contribution >= 4 is 17.6 Å². The van der Waals surface area contributed by atoms with Gasteiger partial charge in [0.1, 0.15) is 0 Å². The first-order chi connectivity index (χ1) is 7.00. The van der Waals surface area contributed by atoms with Crippen molar-refractivity contribution in [3.8, 4) is 0 Å². The molecular formula is C9H14N2O4. The molecule has 6 nitrogen and oxygen atoms in total. The zero-order valence-electron chi connectivity index (χ0n) is 8.69. The number of aliphatic carboxylic acids is 1. The highest BCUT2D eigenvalue weighted by Gasteiger charge is 2.31. The zero-order valence-corrected chi connectivity index (χ0v) is 8.69. The Kier molecular flexibility index (Phi) is 3.65. The molecule has 2 N–H and O–H groups in total. The molecule has 0 fully saturated rings. The third-order valence-corrected chi connectivity index (χ3v) is 1.89. The zero-order chi connectivity index (χ0) is 11.4. The van der Waals surface area contributed by atoms with Gasteiger partial charge in [0.2, 0.25) is 6.10 Å². The summed E-state index contributed by atoms with van der Waals surface area (Å²) in [6, 6.07) is 0. The first-order valence-electron chi connectivity index (χ1n) is 4.74. The molecule has 1 amide bonds. The van der Waals surface area contributed by atoms with Gasteiger partial charge in [-0.3, -0.25) is 4.79 Å². The van der Waals surface area contributed by atoms with Gasteiger partial charge in [0.15, 0.2) is 5.71 Å². The van der Waals surface area contributed by atoms with Gasteiger partial charge >= 0.3 is 5.97 Å². The third-order valence-electron chi connectivity index (χ3n) is 1.89. The van der Waals surface area contributed by atoms with Crippen LogP contribution in [0.15, 0.2) is 5.16 Å². The summed E-state index contributed by atoms with van der Waals surface area (Å²) in [7, 11) is 0. The minimum absolute atomic E-state index is 0.0270. The number of amides is 1. The molecule has 0 spiro atoms. The average Bonchev–Trinajstić information content (AvgIpc) is 2.62. The van der Waals surface area contributed by atoms with Crippen molar-refractivity contribution in [2.75, 3.05) is 6.54 Å². The Bertz CT molecular complexity index is 298. The first-order valence-corrected chi connectivity index (χ1v) is 4.74. The van der Waals surface area contributed by atoms with Crippen molar-refractivity contribution in [2.24, 2.45) is 11.1 Å². The summed E-state index contributed by atoms with van der Waals surface area (Å²) in [6.45, 7) is 4.48. The van der Waals surface area contributed by atoms with Gasteiger partial charge in [0, 0.05) is 13.0 Å². The SMILES string of the molecule is CC(C)CNC(=O)C1CC(C(=O)O)=NO1. The van der Waals surface area contributed by atoms with Gasteiger partial charge in [-0.25, -0.2) is 4.79 Å². The minimum Gasteiger partial charge on any atom is -0.477 e. The number of carboxylic acid groups (broad SMARTS) is 1. The van der Waals surface area contributed by atoms with Gasteiger partial charge in [-0.05, 0) is 5.92 Å². The molecule has 1 aliphatic rings. The summed E-state index contributed by atoms with van der Waals surface area (Å²) in [5.74, 6) is -1.12. The van der Waals surface area contributed by atoms with E-state index < -0.39 is 12.1 Å². The molecule has 84 valence electrons. The molecule has 0 bridgehead atoms. The van der Waals surface area contributed by atoms with E-state index in [1.165, 1.54) is 0 Å². The van der Waals surface area contributed by atoms with Crippen LogP contribution in [-0.2, 0) is 14.4 Å². The van der Waals surface area contributed by atoms with Gasteiger partial charge in [0.05, 0.1) is 0 Å². The van der Waals surface area contributed by atoms with E-state index in [9.17, 15) is 9.59 Å². The lowest BCUT2D eigenvalue weighted by atomic mass is 10.1. The van der Waals surface area contributed by atoms with Crippen molar-refractivity contribution in [3.05, 3.63) is 0 Å². The van der Waals surface area contributed by atoms with Crippen LogP contribution in [0.1, 0.15) is 20.3 Å². The van der Waals surface area contributed by atoms with Crippen molar-refractivity contribution in [2.45, 2.75) is 26.4 Å². The van der Waals surface area contributed by atoms with Crippen molar-refractivity contribution in [3.63, 3.8) is 0 Å². The van der Waals surface area contributed by atoms with E-state index in [4.69, 9.17) is 9.94 Å². The van der Waals surface area contributed by atoms with E-state index in [-0.39, 0.29) is 18.0 Å². The molecule has 1 unspecified atom stereocenters. The van der Waals surface area contributed by atoms with Crippen LogP contribution in [0.4, 0.5) is 0 Å². The average molecular weight is 214 g/mol. The van der Waals surface area contributed by atoms with Crippen molar-refractivity contribution < 1.29 is 19.5 Å². The van der Waals surface area contributed by atoms with Crippen LogP contribution in [0.2, 0.25) is 0 Å². The molecule has 0 aromatic rings. The Labute approximate surface area is 87.3 Å². The number of carbonyl (C=O) groups is 2. The lowest BCUT2D eigenvalue weighted by molar-refractivity contribution is -0.131. The molecular weight excluding hydrogens is 200 g/mol. The van der Waals surface area contributed by atoms with Crippen LogP contribution in [-0.4, -0.2) is 35.3 Å². The maximum absolute atomic E-state index is 11.4. The van der Waals surface area contributed by atoms with Crippen molar-refractivity contribution in [1.82, 2.24) is 5.32 Å². The van der Waals surface area contributed by atoms with E-state index >= 15 is 0 Å². The number of hydrogen-bond acceptors (Lipinski definition) is 4. The summed E-state index contributed by atoms with van der Waals surface area (Å²) < 4.78 is 0. The van der Waals surface area contributed by atoms with Gasteiger partial charge in [0.25, 0.3) is 5.91 Å². The Hall–Kier alpha value is -1.59. The monoisotopic (exact) mass is 214 g/mol. The predicted molar refractivity (Wildman–Crippen MR) is 52.4 cm³/mol. The second-order valence-electron chi connectivity index (χ2n) is 3.78. The predicted octanol–water partition coefficient (Wildman–Crippen LogP) is -0.0119. The largest absolute Gasteiger partial charge is 0.477 e. The molecule has 6 heteroatoms. The molecule has 0 saturated heterocycles. The smallest absolute Gasteiger partial charge is 0.353 e. The number of nitrogens with zero attached hydrogens (tertiary/aromatic N) is 1. The fourth-order valence-electron chi connectivity index (χ4n) is 1.06. The number of nitrogens with one attached hydrogen (secondary N) is 1. The highest BCUT2D eigenvalue weighted by atomic mass is 16.6. The lowest BCUT2D eigenvalue weighted by Crippen LogP contribution is -2.37. The molecule has 0 aromatic heterocycles. The Morgan fingerprint density at radius 2 is 2.33 bits per heavy atom. The van der Waals surface area contributed by atoms with Crippen LogP contribution >= 0.6 is 0 Å². The summed E-state index contributed by atoms with van der Waals surface area (Å²) in [6.07, 6.45) is -0.769. The van der Waals surface area contributed by atoms with Gasteiger partial charge in [-0.2, -0.15) is 0 Å². The molecule has 1 heterocycles. The fraction of sp³-hybridized carbons (Fsp3) is 0.667. The minimum atomic E-state index is -1.14. The molecule has 0 aromatic carbocycles. The topological polar surface area (TPSA) is 88.0 Å². The fourth-order valence-corrected chi connectivity index (χ4v) is 1.06. The standard InChI is InChI=1S/C9H14N2O4/c1-5(2)4-10-8(12)7-3-6(9(13)14)11-15-7/h5,7H,3-4H2,1-2H3,(H,10,12)(H,13,14). The second-order valence-corrected chi connectivity index (χ2v) is 3.78. The molecule has 15 heavy (non-hydrogen) atoms. The van der Waals surface area contributed by atoms with Crippen LogP contribution in [0.3, 0.4) is 0 Å². The Morgan fingerprint density at radius 1 is 1.67 bits per heavy atom. The Balaban J connectivity index is 2.36. The van der Waals surface area contributed by atoms with Crippen LogP contribution in [0.25, 0.3) is 0 Å². The van der Waals surface area contributed by atoms with E-state index in [1.54, 1.807) is 0 Å². The maximum Gasteiger partial charge on any atom is 0.353 e. The molecule has 1 rings (SSSR count). The normalized spacial score (nSPS) is 19.7. The van der Waals surface area contributed by atoms with Gasteiger partial charge in [-0.15, -0.1) is 0 Å². The lowest BCUT2D eigenvalue weighted by Gasteiger charge is -2.10. The van der Waals surface area contributed by atoms with E-state index in [1.807, 2.05) is 13.8 Å². The number of hydrogen-bond donors (Lipinski definition) is 2. The van der Waals surface area contributed by atoms with Gasteiger partial charge < -0.3 is 15.3 Å². The number of oxime groups is 1. The molecule has 1 atom stereocenters. The number of carbonyl (C=O) groups excluding carboxylic acids is 1. The summed E-state index contributed by atoms with van der Waals surface area (Å²) in [5.41, 5.74) is -0.111. The number of carboxylic acids is 1. The quantitative estimate of drug-likeness (QED) is 0.688. The second kappa shape index (κ2) is 4.77. The van der Waals surface area contributed by atoms with Crippen LogP contribution < -0.4 is 5.32 Å². The summed E-state index contributed by atoms with van der Waals surface area (Å²) >= 11 is 0. The molecule has 0 radical (unpaired) electrons. The molecule has 0 saturated carbocycles. The highest BCUT2D eigenvalue weighted by molar-refractivity contribution is 6.36. The van der Waals surface area contributed by atoms with Crippen molar-refractivity contribution in [1.29, 1.82) is 0 Å². The summed E-state index contributed by atoms with van der Waals surface area (Å²) in [5, 5.41) is 14.6. The molecule has 0 aliphatic carbocycles. The first kappa shape index (κ1) is 11.5. The van der Waals surface area contributed by atoms with E-state index in [2.05, 4.69) is 10.5 Å². The summed E-state index contributed by atoms with van der Waals surface area (Å²) in [4.78, 5) is 26.6. The van der Waals surface area contributed by atoms with E-state index in [0.29, 0.717) is 12.5 Å². The maximum atomic E-state index is 11.4. The third kappa shape index (κ3) is 3.23. The highest BCUT2D eigenvalue weighted by Crippen LogP contribution is 2.10.